The van der Waals surface area contributed by atoms with Crippen LogP contribution in [-0.2, 0) is 19.4 Å². The largest absolute Gasteiger partial charge is 0.468 e. The number of hydrogen-bond acceptors (Lipinski definition) is 6. The monoisotopic (exact) mass is 255 g/mol. The van der Waals surface area contributed by atoms with Crippen molar-refractivity contribution in [2.75, 3.05) is 12.9 Å². The molecule has 0 aliphatic heterocycles. The number of sulfone groups is 1. The van der Waals surface area contributed by atoms with E-state index < -0.39 is 26.8 Å². The number of para-hydroxylation sites is 2. The molecular formula is C10H9NO5S. The number of benzene rings is 1. The lowest BCUT2D eigenvalue weighted by Gasteiger charge is -1.97. The molecule has 1 aromatic heterocycles. The van der Waals surface area contributed by atoms with E-state index in [-0.39, 0.29) is 0 Å². The lowest BCUT2D eigenvalue weighted by Crippen LogP contribution is -2.17. The van der Waals surface area contributed by atoms with Crippen LogP contribution in [0.25, 0.3) is 11.1 Å². The molecule has 1 aromatic carbocycles. The highest BCUT2D eigenvalue weighted by Gasteiger charge is 2.25. The van der Waals surface area contributed by atoms with Gasteiger partial charge in [-0.1, -0.05) is 12.1 Å². The van der Waals surface area contributed by atoms with Crippen molar-refractivity contribution in [1.29, 1.82) is 0 Å². The summed E-state index contributed by atoms with van der Waals surface area (Å²) < 4.78 is 32.8. The van der Waals surface area contributed by atoms with Gasteiger partial charge in [0.2, 0.25) is 9.84 Å². The van der Waals surface area contributed by atoms with Crippen molar-refractivity contribution >= 4 is 26.9 Å². The molecule has 0 saturated heterocycles. The highest BCUT2D eigenvalue weighted by molar-refractivity contribution is 7.91. The Morgan fingerprint density at radius 1 is 1.41 bits per heavy atom. The quantitative estimate of drug-likeness (QED) is 0.753. The molecule has 0 fully saturated rings. The van der Waals surface area contributed by atoms with Crippen LogP contribution in [0.5, 0.6) is 0 Å². The van der Waals surface area contributed by atoms with Gasteiger partial charge in [-0.15, -0.1) is 0 Å². The molecule has 7 heteroatoms. The summed E-state index contributed by atoms with van der Waals surface area (Å²) in [7, 11) is -2.77. The Kier molecular flexibility index (Phi) is 2.84. The van der Waals surface area contributed by atoms with Crippen LogP contribution in [0.1, 0.15) is 0 Å². The van der Waals surface area contributed by atoms with E-state index in [1.807, 2.05) is 0 Å². The second-order valence-corrected chi connectivity index (χ2v) is 5.15. The van der Waals surface area contributed by atoms with Gasteiger partial charge < -0.3 is 9.15 Å². The SMILES string of the molecule is COC(=O)CS(=O)(=O)c1nc2ccccc2o1. The number of esters is 1. The molecule has 0 radical (unpaired) electrons. The topological polar surface area (TPSA) is 86.5 Å². The molecule has 0 aliphatic carbocycles. The standard InChI is InChI=1S/C10H9NO5S/c1-15-9(12)6-17(13,14)10-11-7-4-2-3-5-8(7)16-10/h2-5H,6H2,1H3. The molecule has 0 atom stereocenters. The van der Waals surface area contributed by atoms with Crippen LogP contribution in [0.15, 0.2) is 33.9 Å². The van der Waals surface area contributed by atoms with Crippen LogP contribution < -0.4 is 0 Å². The third-order valence-electron chi connectivity index (χ3n) is 2.08. The number of carbonyl (C=O) groups is 1. The minimum atomic E-state index is -3.89. The zero-order valence-electron chi connectivity index (χ0n) is 8.91. The molecule has 1 heterocycles. The van der Waals surface area contributed by atoms with Gasteiger partial charge in [-0.2, -0.15) is 4.98 Å². The number of ether oxygens (including phenoxy) is 1. The first-order chi connectivity index (χ1) is 8.03. The summed E-state index contributed by atoms with van der Waals surface area (Å²) in [6.45, 7) is 0. The van der Waals surface area contributed by atoms with E-state index in [1.54, 1.807) is 24.3 Å². The maximum Gasteiger partial charge on any atom is 0.321 e. The molecule has 2 aromatic rings. The second-order valence-electron chi connectivity index (χ2n) is 3.28. The summed E-state index contributed by atoms with van der Waals surface area (Å²) in [5.74, 6) is -1.64. The first-order valence-corrected chi connectivity index (χ1v) is 6.33. The Labute approximate surface area is 97.1 Å². The van der Waals surface area contributed by atoms with Gasteiger partial charge in [-0.3, -0.25) is 4.79 Å². The number of hydrogen-bond donors (Lipinski definition) is 0. The highest BCUT2D eigenvalue weighted by Crippen LogP contribution is 2.19. The predicted octanol–water partition coefficient (Wildman–Crippen LogP) is 0.774. The summed E-state index contributed by atoms with van der Waals surface area (Å²) in [6, 6.07) is 6.63. The molecule has 2 rings (SSSR count). The zero-order valence-corrected chi connectivity index (χ0v) is 9.73. The van der Waals surface area contributed by atoms with E-state index in [0.29, 0.717) is 11.1 Å². The van der Waals surface area contributed by atoms with Crippen LogP contribution in [0.4, 0.5) is 0 Å². The average Bonchev–Trinajstić information content (AvgIpc) is 2.72. The van der Waals surface area contributed by atoms with Crippen molar-refractivity contribution in [2.45, 2.75) is 5.22 Å². The lowest BCUT2D eigenvalue weighted by atomic mass is 10.3. The van der Waals surface area contributed by atoms with Gasteiger partial charge >= 0.3 is 11.2 Å². The Bertz CT molecular complexity index is 625. The van der Waals surface area contributed by atoms with Crippen LogP contribution in [0, 0.1) is 0 Å². The number of aromatic nitrogens is 1. The summed E-state index contributed by atoms with van der Waals surface area (Å²) >= 11 is 0. The van der Waals surface area contributed by atoms with Crippen molar-refractivity contribution in [2.24, 2.45) is 0 Å². The van der Waals surface area contributed by atoms with Crippen LogP contribution in [0.3, 0.4) is 0 Å². The first-order valence-electron chi connectivity index (χ1n) is 4.68. The van der Waals surface area contributed by atoms with Gasteiger partial charge in [0.25, 0.3) is 0 Å². The van der Waals surface area contributed by atoms with Gasteiger partial charge in [-0.05, 0) is 12.1 Å². The number of rotatable bonds is 3. The third-order valence-corrected chi connectivity index (χ3v) is 3.40. The van der Waals surface area contributed by atoms with Crippen LogP contribution in [0.2, 0.25) is 0 Å². The molecule has 0 amide bonds. The minimum Gasteiger partial charge on any atom is -0.468 e. The maximum absolute atomic E-state index is 11.7. The molecule has 0 saturated carbocycles. The molecule has 0 bridgehead atoms. The van der Waals surface area contributed by atoms with Gasteiger partial charge in [0.05, 0.1) is 7.11 Å². The molecule has 0 unspecified atom stereocenters. The molecule has 17 heavy (non-hydrogen) atoms. The van der Waals surface area contributed by atoms with Crippen LogP contribution >= 0.6 is 0 Å². The fraction of sp³-hybridized carbons (Fsp3) is 0.200. The van der Waals surface area contributed by atoms with Crippen LogP contribution in [-0.4, -0.2) is 32.2 Å². The predicted molar refractivity (Wildman–Crippen MR) is 58.1 cm³/mol. The normalized spacial score (nSPS) is 11.6. The molecule has 6 nitrogen and oxygen atoms in total. The molecule has 0 spiro atoms. The summed E-state index contributed by atoms with van der Waals surface area (Å²) in [5.41, 5.74) is 0.784. The minimum absolute atomic E-state index is 0.357. The van der Waals surface area contributed by atoms with E-state index in [2.05, 4.69) is 9.72 Å². The van der Waals surface area contributed by atoms with Gasteiger partial charge in [0.1, 0.15) is 5.52 Å². The number of oxazole rings is 1. The van der Waals surface area contributed by atoms with Gasteiger partial charge in [0.15, 0.2) is 11.3 Å². The Balaban J connectivity index is 2.42. The van der Waals surface area contributed by atoms with Crippen molar-refractivity contribution < 1.29 is 22.4 Å². The van der Waals surface area contributed by atoms with E-state index in [4.69, 9.17) is 4.42 Å². The van der Waals surface area contributed by atoms with E-state index in [1.165, 1.54) is 0 Å². The smallest absolute Gasteiger partial charge is 0.321 e. The summed E-state index contributed by atoms with van der Waals surface area (Å²) in [6.07, 6.45) is 0. The number of carbonyl (C=O) groups excluding carboxylic acids is 1. The number of fused-ring (bicyclic) bond motifs is 1. The fourth-order valence-electron chi connectivity index (χ4n) is 1.26. The first kappa shape index (κ1) is 11.6. The van der Waals surface area contributed by atoms with Gasteiger partial charge in [0, 0.05) is 0 Å². The van der Waals surface area contributed by atoms with Crippen molar-refractivity contribution in [3.05, 3.63) is 24.3 Å². The van der Waals surface area contributed by atoms with Crippen molar-refractivity contribution in [1.82, 2.24) is 4.98 Å². The summed E-state index contributed by atoms with van der Waals surface area (Å²) in [5, 5.41) is -0.468. The van der Waals surface area contributed by atoms with Crippen molar-refractivity contribution in [3.63, 3.8) is 0 Å². The zero-order chi connectivity index (χ0) is 12.5. The van der Waals surface area contributed by atoms with Gasteiger partial charge in [-0.25, -0.2) is 8.42 Å². The maximum atomic E-state index is 11.7. The van der Waals surface area contributed by atoms with E-state index in [9.17, 15) is 13.2 Å². The average molecular weight is 255 g/mol. The highest BCUT2D eigenvalue weighted by atomic mass is 32.2. The Morgan fingerprint density at radius 2 is 2.12 bits per heavy atom. The summed E-state index contributed by atoms with van der Waals surface area (Å²) in [4.78, 5) is 14.8. The molecule has 0 aliphatic rings. The molecule has 90 valence electrons. The fourth-order valence-corrected chi connectivity index (χ4v) is 2.27. The number of nitrogens with zero attached hydrogens (tertiary/aromatic N) is 1. The lowest BCUT2D eigenvalue weighted by molar-refractivity contribution is -0.137. The number of methoxy groups -OCH3 is 1. The Morgan fingerprint density at radius 3 is 2.76 bits per heavy atom. The van der Waals surface area contributed by atoms with E-state index >= 15 is 0 Å². The van der Waals surface area contributed by atoms with E-state index in [0.717, 1.165) is 7.11 Å². The van der Waals surface area contributed by atoms with Crippen molar-refractivity contribution in [3.8, 4) is 0 Å². The third kappa shape index (κ3) is 2.28. The molecule has 0 N–H and O–H groups in total. The second kappa shape index (κ2) is 4.17. The molecular weight excluding hydrogens is 246 g/mol. The Hall–Kier alpha value is -1.89.